The molecular formula is C15H16BrClN2O. The van der Waals surface area contributed by atoms with Crippen LogP contribution in [0, 0.1) is 0 Å². The Labute approximate surface area is 132 Å². The minimum Gasteiger partial charge on any atom is -0.497 e. The van der Waals surface area contributed by atoms with Gasteiger partial charge in [-0.25, -0.2) is 0 Å². The maximum atomic E-state index is 5.97. The van der Waals surface area contributed by atoms with E-state index in [-0.39, 0.29) is 6.04 Å². The molecule has 2 rings (SSSR count). The topological polar surface area (TPSA) is 47.3 Å². The molecule has 106 valence electrons. The number of nitrogens with two attached hydrogens (primary N) is 1. The number of hydrogen-bond donors (Lipinski definition) is 2. The van der Waals surface area contributed by atoms with E-state index in [1.807, 2.05) is 42.5 Å². The fourth-order valence-corrected chi connectivity index (χ4v) is 2.92. The average Bonchev–Trinajstić information content (AvgIpc) is 2.45. The molecule has 0 radical (unpaired) electrons. The number of halogens is 2. The van der Waals surface area contributed by atoms with Crippen molar-refractivity contribution in [1.29, 1.82) is 0 Å². The van der Waals surface area contributed by atoms with Crippen molar-refractivity contribution in [3.05, 3.63) is 57.5 Å². The first-order chi connectivity index (χ1) is 9.63. The van der Waals surface area contributed by atoms with Gasteiger partial charge >= 0.3 is 0 Å². The highest BCUT2D eigenvalue weighted by atomic mass is 79.9. The van der Waals surface area contributed by atoms with Crippen LogP contribution in [0.15, 0.2) is 46.9 Å². The molecular weight excluding hydrogens is 340 g/mol. The summed E-state index contributed by atoms with van der Waals surface area (Å²) in [5.41, 5.74) is 7.91. The molecule has 5 heteroatoms. The maximum Gasteiger partial charge on any atom is 0.120 e. The quantitative estimate of drug-likeness (QED) is 0.844. The minimum atomic E-state index is -0.00579. The minimum absolute atomic E-state index is 0.00579. The number of benzene rings is 2. The number of methoxy groups -OCH3 is 1. The lowest BCUT2D eigenvalue weighted by molar-refractivity contribution is 0.415. The van der Waals surface area contributed by atoms with Gasteiger partial charge in [0.1, 0.15) is 5.75 Å². The van der Waals surface area contributed by atoms with Gasteiger partial charge in [0.05, 0.1) is 13.2 Å². The predicted octanol–water partition coefficient (Wildman–Crippen LogP) is 4.22. The first-order valence-electron chi connectivity index (χ1n) is 6.19. The second-order valence-electron chi connectivity index (χ2n) is 4.33. The normalized spacial score (nSPS) is 12.0. The maximum absolute atomic E-state index is 5.97. The van der Waals surface area contributed by atoms with E-state index in [1.54, 1.807) is 7.11 Å². The van der Waals surface area contributed by atoms with Gasteiger partial charge < -0.3 is 15.8 Å². The number of rotatable bonds is 5. The molecule has 0 saturated carbocycles. The number of anilines is 1. The van der Waals surface area contributed by atoms with E-state index in [1.165, 1.54) is 0 Å². The third-order valence-corrected chi connectivity index (χ3v) is 3.91. The molecule has 0 aliphatic rings. The van der Waals surface area contributed by atoms with Crippen LogP contribution in [0.1, 0.15) is 11.6 Å². The molecule has 1 atom stereocenters. The van der Waals surface area contributed by atoms with Gasteiger partial charge in [-0.05, 0) is 29.8 Å². The number of ether oxygens (including phenoxy) is 1. The molecule has 20 heavy (non-hydrogen) atoms. The van der Waals surface area contributed by atoms with Crippen LogP contribution in [0.2, 0.25) is 5.02 Å². The summed E-state index contributed by atoms with van der Waals surface area (Å²) in [5, 5.41) is 4.09. The fraction of sp³-hybridized carbons (Fsp3) is 0.200. The van der Waals surface area contributed by atoms with Gasteiger partial charge in [-0.2, -0.15) is 0 Å². The Hall–Kier alpha value is -1.23. The summed E-state index contributed by atoms with van der Waals surface area (Å²) in [7, 11) is 1.65. The van der Waals surface area contributed by atoms with Gasteiger partial charge in [0.2, 0.25) is 0 Å². The molecule has 0 aliphatic heterocycles. The summed E-state index contributed by atoms with van der Waals surface area (Å²) >= 11 is 9.49. The lowest BCUT2D eigenvalue weighted by atomic mass is 10.1. The Morgan fingerprint density at radius 3 is 2.75 bits per heavy atom. The molecule has 2 aromatic carbocycles. The zero-order valence-corrected chi connectivity index (χ0v) is 13.4. The molecule has 0 saturated heterocycles. The van der Waals surface area contributed by atoms with Crippen LogP contribution < -0.4 is 15.8 Å². The van der Waals surface area contributed by atoms with Crippen molar-refractivity contribution in [3.63, 3.8) is 0 Å². The van der Waals surface area contributed by atoms with Crippen LogP contribution in [-0.2, 0) is 0 Å². The van der Waals surface area contributed by atoms with Gasteiger partial charge in [-0.3, -0.25) is 0 Å². The largest absolute Gasteiger partial charge is 0.497 e. The van der Waals surface area contributed by atoms with Crippen LogP contribution in [0.25, 0.3) is 0 Å². The van der Waals surface area contributed by atoms with Crippen molar-refractivity contribution in [2.75, 3.05) is 19.0 Å². The van der Waals surface area contributed by atoms with Crippen molar-refractivity contribution in [2.45, 2.75) is 6.04 Å². The zero-order valence-electron chi connectivity index (χ0n) is 11.1. The molecule has 0 aliphatic carbocycles. The van der Waals surface area contributed by atoms with Crippen molar-refractivity contribution in [3.8, 4) is 5.75 Å². The van der Waals surface area contributed by atoms with Gasteiger partial charge in [0.25, 0.3) is 0 Å². The monoisotopic (exact) mass is 354 g/mol. The molecule has 3 nitrogen and oxygen atoms in total. The Morgan fingerprint density at radius 1 is 1.30 bits per heavy atom. The van der Waals surface area contributed by atoms with Crippen molar-refractivity contribution in [1.82, 2.24) is 0 Å². The van der Waals surface area contributed by atoms with E-state index in [4.69, 9.17) is 22.1 Å². The SMILES string of the molecule is COc1cccc(NC(CN)c2ccc(Cl)cc2Br)c1. The second-order valence-corrected chi connectivity index (χ2v) is 5.62. The molecule has 2 aromatic rings. The van der Waals surface area contributed by atoms with E-state index in [2.05, 4.69) is 21.2 Å². The molecule has 0 heterocycles. The van der Waals surface area contributed by atoms with E-state index in [0.717, 1.165) is 21.5 Å². The molecule has 0 fully saturated rings. The Morgan fingerprint density at radius 2 is 2.10 bits per heavy atom. The lowest BCUT2D eigenvalue weighted by Gasteiger charge is -2.20. The Kier molecular flexibility index (Phi) is 5.29. The Bertz CT molecular complexity index is 592. The zero-order chi connectivity index (χ0) is 14.5. The van der Waals surface area contributed by atoms with E-state index >= 15 is 0 Å². The van der Waals surface area contributed by atoms with Crippen LogP contribution in [0.3, 0.4) is 0 Å². The predicted molar refractivity (Wildman–Crippen MR) is 87.6 cm³/mol. The van der Waals surface area contributed by atoms with E-state index in [9.17, 15) is 0 Å². The van der Waals surface area contributed by atoms with Gasteiger partial charge in [-0.1, -0.05) is 39.7 Å². The van der Waals surface area contributed by atoms with Crippen LogP contribution in [-0.4, -0.2) is 13.7 Å². The van der Waals surface area contributed by atoms with Gasteiger partial charge in [0.15, 0.2) is 0 Å². The highest BCUT2D eigenvalue weighted by Gasteiger charge is 2.13. The lowest BCUT2D eigenvalue weighted by Crippen LogP contribution is -2.21. The molecule has 0 spiro atoms. The Balaban J connectivity index is 2.23. The number of nitrogens with one attached hydrogen (secondary N) is 1. The molecule has 3 N–H and O–H groups in total. The standard InChI is InChI=1S/C15H16BrClN2O/c1-20-12-4-2-3-11(8-12)19-15(9-18)13-6-5-10(17)7-14(13)16/h2-8,15,19H,9,18H2,1H3. The van der Waals surface area contributed by atoms with Crippen LogP contribution in [0.4, 0.5) is 5.69 Å². The van der Waals surface area contributed by atoms with Crippen molar-refractivity contribution < 1.29 is 4.74 Å². The summed E-state index contributed by atoms with van der Waals surface area (Å²) < 4.78 is 6.16. The van der Waals surface area contributed by atoms with E-state index in [0.29, 0.717) is 11.6 Å². The third kappa shape index (κ3) is 3.66. The summed E-state index contributed by atoms with van der Waals surface area (Å²) in [5.74, 6) is 0.806. The molecule has 0 amide bonds. The summed E-state index contributed by atoms with van der Waals surface area (Å²) in [4.78, 5) is 0. The summed E-state index contributed by atoms with van der Waals surface area (Å²) in [6.45, 7) is 0.470. The van der Waals surface area contributed by atoms with Crippen molar-refractivity contribution in [2.24, 2.45) is 5.73 Å². The van der Waals surface area contributed by atoms with Crippen LogP contribution in [0.5, 0.6) is 5.75 Å². The fourth-order valence-electron chi connectivity index (χ4n) is 1.96. The summed E-state index contributed by atoms with van der Waals surface area (Å²) in [6, 6.07) is 13.4. The second kappa shape index (κ2) is 6.97. The van der Waals surface area contributed by atoms with Gasteiger partial charge in [0, 0.05) is 27.8 Å². The first-order valence-corrected chi connectivity index (χ1v) is 7.36. The highest BCUT2D eigenvalue weighted by Crippen LogP contribution is 2.29. The van der Waals surface area contributed by atoms with E-state index < -0.39 is 0 Å². The highest BCUT2D eigenvalue weighted by molar-refractivity contribution is 9.10. The van der Waals surface area contributed by atoms with Crippen molar-refractivity contribution >= 4 is 33.2 Å². The molecule has 0 aromatic heterocycles. The smallest absolute Gasteiger partial charge is 0.120 e. The first kappa shape index (κ1) is 15.2. The average molecular weight is 356 g/mol. The molecule has 0 bridgehead atoms. The molecule has 1 unspecified atom stereocenters. The summed E-state index contributed by atoms with van der Waals surface area (Å²) in [6.07, 6.45) is 0. The number of hydrogen-bond acceptors (Lipinski definition) is 3. The van der Waals surface area contributed by atoms with Gasteiger partial charge in [-0.15, -0.1) is 0 Å². The van der Waals surface area contributed by atoms with Crippen LogP contribution >= 0.6 is 27.5 Å². The third-order valence-electron chi connectivity index (χ3n) is 2.98.